The number of halogens is 1. The Morgan fingerprint density at radius 1 is 1.39 bits per heavy atom. The van der Waals surface area contributed by atoms with Crippen molar-refractivity contribution in [2.75, 3.05) is 7.11 Å². The fraction of sp³-hybridized carbons (Fsp3) is 0.286. The third-order valence-corrected chi connectivity index (χ3v) is 4.52. The first-order chi connectivity index (χ1) is 8.60. The molecule has 96 valence electrons. The van der Waals surface area contributed by atoms with Crippen LogP contribution in [0.25, 0.3) is 0 Å². The van der Waals surface area contributed by atoms with Gasteiger partial charge in [0.05, 0.1) is 11.4 Å². The lowest BCUT2D eigenvalue weighted by Gasteiger charge is -2.10. The summed E-state index contributed by atoms with van der Waals surface area (Å²) in [5.41, 5.74) is 8.48. The van der Waals surface area contributed by atoms with Gasteiger partial charge < -0.3 is 10.5 Å². The van der Waals surface area contributed by atoms with Crippen molar-refractivity contribution >= 4 is 22.9 Å². The van der Waals surface area contributed by atoms with E-state index in [1.807, 2.05) is 25.1 Å². The summed E-state index contributed by atoms with van der Waals surface area (Å²) in [5.74, 6) is 0.861. The van der Waals surface area contributed by atoms with Crippen molar-refractivity contribution in [3.8, 4) is 5.75 Å². The van der Waals surface area contributed by atoms with E-state index in [-0.39, 0.29) is 6.04 Å². The van der Waals surface area contributed by atoms with E-state index in [2.05, 4.69) is 12.1 Å². The zero-order valence-electron chi connectivity index (χ0n) is 10.4. The summed E-state index contributed by atoms with van der Waals surface area (Å²) >= 11 is 7.63. The number of rotatable bonds is 4. The average Bonchev–Trinajstić information content (AvgIpc) is 2.70. The molecule has 0 fully saturated rings. The normalized spacial score (nSPS) is 12.4. The van der Waals surface area contributed by atoms with Crippen molar-refractivity contribution in [3.63, 3.8) is 0 Å². The molecule has 0 saturated carbocycles. The van der Waals surface area contributed by atoms with Crippen molar-refractivity contribution < 1.29 is 4.74 Å². The number of ether oxygens (including phenoxy) is 1. The van der Waals surface area contributed by atoms with Crippen LogP contribution in [0.5, 0.6) is 5.75 Å². The molecule has 1 aromatic carbocycles. The number of nitrogens with two attached hydrogens (primary N) is 1. The van der Waals surface area contributed by atoms with Crippen molar-refractivity contribution in [2.24, 2.45) is 5.73 Å². The minimum absolute atomic E-state index is 0.0201. The summed E-state index contributed by atoms with van der Waals surface area (Å²) in [6.07, 6.45) is 0.785. The van der Waals surface area contributed by atoms with Gasteiger partial charge in [0.15, 0.2) is 0 Å². The Bertz CT molecular complexity index is 519. The van der Waals surface area contributed by atoms with Crippen molar-refractivity contribution in [1.82, 2.24) is 0 Å². The van der Waals surface area contributed by atoms with Gasteiger partial charge in [-0.3, -0.25) is 0 Å². The summed E-state index contributed by atoms with van der Waals surface area (Å²) in [5, 5.41) is 0. The van der Waals surface area contributed by atoms with Crippen LogP contribution in [0.2, 0.25) is 4.34 Å². The maximum atomic E-state index is 6.21. The molecule has 0 amide bonds. The third-order valence-electron chi connectivity index (χ3n) is 2.83. The molecule has 0 aliphatic heterocycles. The molecule has 2 rings (SSSR count). The van der Waals surface area contributed by atoms with Gasteiger partial charge in [-0.2, -0.15) is 0 Å². The monoisotopic (exact) mass is 281 g/mol. The quantitative estimate of drug-likeness (QED) is 0.921. The maximum absolute atomic E-state index is 6.21. The highest BCUT2D eigenvalue weighted by molar-refractivity contribution is 7.16. The number of benzene rings is 1. The molecule has 1 aromatic heterocycles. The Kier molecular flexibility index (Phi) is 4.27. The van der Waals surface area contributed by atoms with Crippen molar-refractivity contribution in [1.29, 1.82) is 0 Å². The van der Waals surface area contributed by atoms with Crippen LogP contribution in [0, 0.1) is 6.92 Å². The summed E-state index contributed by atoms with van der Waals surface area (Å²) in [6.45, 7) is 2.00. The highest BCUT2D eigenvalue weighted by Crippen LogP contribution is 2.31. The fourth-order valence-corrected chi connectivity index (χ4v) is 3.04. The number of hydrogen-bond donors (Lipinski definition) is 1. The Hall–Kier alpha value is -1.03. The molecule has 0 bridgehead atoms. The lowest BCUT2D eigenvalue weighted by molar-refractivity contribution is 0.414. The van der Waals surface area contributed by atoms with Crippen molar-refractivity contribution in [2.45, 2.75) is 19.4 Å². The number of thiophene rings is 1. The van der Waals surface area contributed by atoms with Crippen LogP contribution in [0.15, 0.2) is 30.3 Å². The minimum Gasteiger partial charge on any atom is -0.497 e. The van der Waals surface area contributed by atoms with Crippen LogP contribution in [-0.2, 0) is 6.42 Å². The fourth-order valence-electron chi connectivity index (χ4n) is 1.82. The molecular weight excluding hydrogens is 266 g/mol. The van der Waals surface area contributed by atoms with Gasteiger partial charge in [-0.15, -0.1) is 11.3 Å². The molecule has 2 N–H and O–H groups in total. The zero-order chi connectivity index (χ0) is 13.1. The van der Waals surface area contributed by atoms with Gasteiger partial charge in [-0.1, -0.05) is 23.7 Å². The van der Waals surface area contributed by atoms with Gasteiger partial charge in [0.1, 0.15) is 5.75 Å². The first kappa shape index (κ1) is 13.4. The summed E-state index contributed by atoms with van der Waals surface area (Å²) in [4.78, 5) is 1.13. The third kappa shape index (κ3) is 3.05. The van der Waals surface area contributed by atoms with E-state index in [1.165, 1.54) is 5.56 Å². The second kappa shape index (κ2) is 5.74. The molecule has 1 atom stereocenters. The van der Waals surface area contributed by atoms with E-state index in [0.717, 1.165) is 26.9 Å². The van der Waals surface area contributed by atoms with Crippen LogP contribution >= 0.6 is 22.9 Å². The van der Waals surface area contributed by atoms with Gasteiger partial charge in [-0.05, 0) is 42.7 Å². The topological polar surface area (TPSA) is 35.2 Å². The standard InChI is InChI=1S/C14H16ClNOS/c1-9-6-13(18-14(9)15)12(16)8-10-4-3-5-11(7-10)17-2/h3-7,12H,8,16H2,1-2H3. The van der Waals surface area contributed by atoms with E-state index in [1.54, 1.807) is 18.4 Å². The minimum atomic E-state index is -0.0201. The van der Waals surface area contributed by atoms with Crippen LogP contribution in [-0.4, -0.2) is 7.11 Å². The van der Waals surface area contributed by atoms with Crippen LogP contribution in [0.3, 0.4) is 0 Å². The van der Waals surface area contributed by atoms with E-state index >= 15 is 0 Å². The van der Waals surface area contributed by atoms with Gasteiger partial charge in [0, 0.05) is 10.9 Å². The molecule has 1 heterocycles. The molecule has 1 unspecified atom stereocenters. The van der Waals surface area contributed by atoms with E-state index in [9.17, 15) is 0 Å². The Morgan fingerprint density at radius 2 is 2.17 bits per heavy atom. The predicted molar refractivity (Wildman–Crippen MR) is 77.7 cm³/mol. The van der Waals surface area contributed by atoms with Crippen LogP contribution < -0.4 is 10.5 Å². The molecule has 0 aliphatic rings. The Labute approximate surface area is 116 Å². The van der Waals surface area contributed by atoms with E-state index < -0.39 is 0 Å². The van der Waals surface area contributed by atoms with Gasteiger partial charge in [-0.25, -0.2) is 0 Å². The second-order valence-electron chi connectivity index (χ2n) is 4.27. The Balaban J connectivity index is 2.13. The largest absolute Gasteiger partial charge is 0.497 e. The van der Waals surface area contributed by atoms with Crippen LogP contribution in [0.4, 0.5) is 0 Å². The average molecular weight is 282 g/mol. The van der Waals surface area contributed by atoms with Crippen molar-refractivity contribution in [3.05, 3.63) is 50.7 Å². The molecule has 0 radical (unpaired) electrons. The predicted octanol–water partition coefficient (Wildman–Crippen LogP) is 3.96. The maximum Gasteiger partial charge on any atom is 0.119 e. The van der Waals surface area contributed by atoms with E-state index in [0.29, 0.717) is 0 Å². The lowest BCUT2D eigenvalue weighted by atomic mass is 10.0. The molecule has 0 aliphatic carbocycles. The first-order valence-electron chi connectivity index (χ1n) is 5.74. The Morgan fingerprint density at radius 3 is 2.78 bits per heavy atom. The molecule has 0 saturated heterocycles. The highest BCUT2D eigenvalue weighted by atomic mass is 35.5. The molecule has 0 spiro atoms. The summed E-state index contributed by atoms with van der Waals surface area (Å²) in [6, 6.07) is 10.0. The number of hydrogen-bond acceptors (Lipinski definition) is 3. The summed E-state index contributed by atoms with van der Waals surface area (Å²) < 4.78 is 6.03. The smallest absolute Gasteiger partial charge is 0.119 e. The zero-order valence-corrected chi connectivity index (χ0v) is 12.0. The highest BCUT2D eigenvalue weighted by Gasteiger charge is 2.12. The van der Waals surface area contributed by atoms with E-state index in [4.69, 9.17) is 22.1 Å². The molecular formula is C14H16ClNOS. The van der Waals surface area contributed by atoms with Gasteiger partial charge in [0.2, 0.25) is 0 Å². The second-order valence-corrected chi connectivity index (χ2v) is 5.95. The van der Waals surface area contributed by atoms with Crippen LogP contribution in [0.1, 0.15) is 22.0 Å². The van der Waals surface area contributed by atoms with Gasteiger partial charge >= 0.3 is 0 Å². The molecule has 18 heavy (non-hydrogen) atoms. The lowest BCUT2D eigenvalue weighted by Crippen LogP contribution is -2.11. The SMILES string of the molecule is COc1cccc(CC(N)c2cc(C)c(Cl)s2)c1. The number of methoxy groups -OCH3 is 1. The number of aryl methyl sites for hydroxylation is 1. The van der Waals surface area contributed by atoms with Gasteiger partial charge in [0.25, 0.3) is 0 Å². The molecule has 2 nitrogen and oxygen atoms in total. The first-order valence-corrected chi connectivity index (χ1v) is 6.94. The summed E-state index contributed by atoms with van der Waals surface area (Å²) in [7, 11) is 1.67. The molecule has 4 heteroatoms. The molecule has 2 aromatic rings.